The smallest absolute Gasteiger partial charge is 0.340 e. The van der Waals surface area contributed by atoms with Gasteiger partial charge in [-0.3, -0.25) is 4.68 Å². The van der Waals surface area contributed by atoms with E-state index in [1.807, 2.05) is 17.8 Å². The quantitative estimate of drug-likeness (QED) is 0.640. The van der Waals surface area contributed by atoms with Crippen molar-refractivity contribution >= 4 is 17.3 Å². The van der Waals surface area contributed by atoms with E-state index in [4.69, 9.17) is 10.5 Å². The summed E-state index contributed by atoms with van der Waals surface area (Å²) in [5.74, 6) is -0.408. The van der Waals surface area contributed by atoms with Gasteiger partial charge >= 0.3 is 5.97 Å². The number of hydrogen-bond acceptors (Lipinski definition) is 5. The molecule has 1 aromatic carbocycles. The zero-order valence-electron chi connectivity index (χ0n) is 11.6. The summed E-state index contributed by atoms with van der Waals surface area (Å²) in [6, 6.07) is 5.15. The Morgan fingerprint density at radius 1 is 1.50 bits per heavy atom. The second kappa shape index (κ2) is 6.10. The number of para-hydroxylation sites is 1. The Morgan fingerprint density at radius 2 is 2.30 bits per heavy atom. The normalized spacial score (nSPS) is 10.3. The zero-order chi connectivity index (χ0) is 14.5. The average molecular weight is 274 g/mol. The Morgan fingerprint density at radius 3 is 2.95 bits per heavy atom. The average Bonchev–Trinajstić information content (AvgIpc) is 2.85. The summed E-state index contributed by atoms with van der Waals surface area (Å²) in [6.45, 7) is 3.28. The van der Waals surface area contributed by atoms with Crippen LogP contribution in [0.15, 0.2) is 30.6 Å². The van der Waals surface area contributed by atoms with E-state index in [1.165, 1.54) is 7.11 Å². The van der Waals surface area contributed by atoms with Crippen LogP contribution in [0.25, 0.3) is 0 Å². The molecular formula is C14H18N4O2. The molecule has 2 aromatic rings. The van der Waals surface area contributed by atoms with Gasteiger partial charge in [0, 0.05) is 12.7 Å². The maximum atomic E-state index is 11.7. The molecule has 6 heteroatoms. The van der Waals surface area contributed by atoms with E-state index in [0.29, 0.717) is 30.0 Å². The number of anilines is 2. The van der Waals surface area contributed by atoms with Crippen LogP contribution >= 0.6 is 0 Å². The first-order chi connectivity index (χ1) is 9.61. The number of nitrogens with zero attached hydrogens (tertiary/aromatic N) is 2. The minimum absolute atomic E-state index is 0.408. The molecule has 3 N–H and O–H groups in total. The highest BCUT2D eigenvalue weighted by Crippen LogP contribution is 2.23. The number of benzene rings is 1. The molecule has 0 bridgehead atoms. The van der Waals surface area contributed by atoms with Crippen molar-refractivity contribution in [1.82, 2.24) is 9.78 Å². The van der Waals surface area contributed by atoms with Crippen LogP contribution in [0.3, 0.4) is 0 Å². The van der Waals surface area contributed by atoms with E-state index in [2.05, 4.69) is 10.4 Å². The van der Waals surface area contributed by atoms with Crippen LogP contribution in [0.5, 0.6) is 0 Å². The van der Waals surface area contributed by atoms with Crippen LogP contribution in [0, 0.1) is 6.92 Å². The highest BCUT2D eigenvalue weighted by atomic mass is 16.5. The molecule has 0 spiro atoms. The molecule has 0 aliphatic rings. The first-order valence-electron chi connectivity index (χ1n) is 6.31. The topological polar surface area (TPSA) is 82.2 Å². The summed E-state index contributed by atoms with van der Waals surface area (Å²) in [7, 11) is 1.35. The molecule has 0 fully saturated rings. The van der Waals surface area contributed by atoms with Gasteiger partial charge in [0.2, 0.25) is 0 Å². The molecule has 0 aliphatic carbocycles. The number of carbonyl (C=O) groups excluding carboxylic acids is 1. The number of ether oxygens (including phenoxy) is 1. The first-order valence-corrected chi connectivity index (χ1v) is 6.31. The Kier molecular flexibility index (Phi) is 4.24. The van der Waals surface area contributed by atoms with E-state index >= 15 is 0 Å². The largest absolute Gasteiger partial charge is 0.465 e. The van der Waals surface area contributed by atoms with Crippen LogP contribution in [0.4, 0.5) is 11.4 Å². The van der Waals surface area contributed by atoms with Crippen molar-refractivity contribution in [3.8, 4) is 0 Å². The van der Waals surface area contributed by atoms with Crippen molar-refractivity contribution in [2.24, 2.45) is 0 Å². The second-order valence-corrected chi connectivity index (χ2v) is 4.47. The number of aryl methyl sites for hydroxylation is 1. The van der Waals surface area contributed by atoms with Crippen molar-refractivity contribution in [2.45, 2.75) is 13.5 Å². The van der Waals surface area contributed by atoms with Gasteiger partial charge in [-0.1, -0.05) is 6.07 Å². The monoisotopic (exact) mass is 274 g/mol. The molecule has 6 nitrogen and oxygen atoms in total. The number of esters is 1. The predicted molar refractivity (Wildman–Crippen MR) is 77.6 cm³/mol. The van der Waals surface area contributed by atoms with Gasteiger partial charge in [0.25, 0.3) is 0 Å². The van der Waals surface area contributed by atoms with E-state index in [-0.39, 0.29) is 0 Å². The van der Waals surface area contributed by atoms with Crippen LogP contribution in [0.2, 0.25) is 0 Å². The summed E-state index contributed by atoms with van der Waals surface area (Å²) in [5, 5.41) is 7.36. The van der Waals surface area contributed by atoms with Crippen LogP contribution in [-0.2, 0) is 11.3 Å². The molecule has 0 amide bonds. The van der Waals surface area contributed by atoms with Crippen molar-refractivity contribution in [3.63, 3.8) is 0 Å². The standard InChI is InChI=1S/C14H18N4O2/c1-10-8-17-18(9-10)7-6-16-13-11(14(19)20-2)4-3-5-12(13)15/h3-5,8-9,16H,6-7,15H2,1-2H3. The molecule has 0 aliphatic heterocycles. The highest BCUT2D eigenvalue weighted by Gasteiger charge is 2.13. The molecule has 2 rings (SSSR count). The molecule has 1 heterocycles. The highest BCUT2D eigenvalue weighted by molar-refractivity contribution is 5.98. The zero-order valence-corrected chi connectivity index (χ0v) is 11.6. The molecule has 0 saturated heterocycles. The third-order valence-corrected chi connectivity index (χ3v) is 2.91. The van der Waals surface area contributed by atoms with Gasteiger partial charge in [-0.15, -0.1) is 0 Å². The third-order valence-electron chi connectivity index (χ3n) is 2.91. The van der Waals surface area contributed by atoms with Crippen molar-refractivity contribution in [2.75, 3.05) is 24.7 Å². The number of rotatable bonds is 5. The minimum Gasteiger partial charge on any atom is -0.465 e. The first kappa shape index (κ1) is 13.9. The predicted octanol–water partition coefficient (Wildman–Crippen LogP) is 1.67. The Bertz CT molecular complexity index is 607. The summed E-state index contributed by atoms with van der Waals surface area (Å²) in [6.07, 6.45) is 3.76. The van der Waals surface area contributed by atoms with Crippen LogP contribution in [-0.4, -0.2) is 29.4 Å². The molecular weight excluding hydrogens is 256 g/mol. The lowest BCUT2D eigenvalue weighted by atomic mass is 10.1. The summed E-state index contributed by atoms with van der Waals surface area (Å²) in [4.78, 5) is 11.7. The number of nitrogens with two attached hydrogens (primary N) is 1. The number of nitrogen functional groups attached to an aromatic ring is 1. The lowest BCUT2D eigenvalue weighted by Crippen LogP contribution is -2.15. The van der Waals surface area contributed by atoms with Gasteiger partial charge < -0.3 is 15.8 Å². The SMILES string of the molecule is COC(=O)c1cccc(N)c1NCCn1cc(C)cn1. The second-order valence-electron chi connectivity index (χ2n) is 4.47. The molecule has 1 aromatic heterocycles. The van der Waals surface area contributed by atoms with Crippen molar-refractivity contribution in [1.29, 1.82) is 0 Å². The van der Waals surface area contributed by atoms with Crippen molar-refractivity contribution < 1.29 is 9.53 Å². The van der Waals surface area contributed by atoms with Gasteiger partial charge in [0.1, 0.15) is 0 Å². The fourth-order valence-electron chi connectivity index (χ4n) is 1.93. The van der Waals surface area contributed by atoms with Gasteiger partial charge in [-0.25, -0.2) is 4.79 Å². The van der Waals surface area contributed by atoms with Crippen LogP contribution < -0.4 is 11.1 Å². The molecule has 106 valence electrons. The Balaban J connectivity index is 2.06. The fraction of sp³-hybridized carbons (Fsp3) is 0.286. The molecule has 0 saturated carbocycles. The maximum Gasteiger partial charge on any atom is 0.340 e. The van der Waals surface area contributed by atoms with Crippen LogP contribution in [0.1, 0.15) is 15.9 Å². The molecule has 0 radical (unpaired) electrons. The summed E-state index contributed by atoms with van der Waals surface area (Å²) in [5.41, 5.74) is 8.57. The Hall–Kier alpha value is -2.50. The summed E-state index contributed by atoms with van der Waals surface area (Å²) >= 11 is 0. The number of methoxy groups -OCH3 is 1. The van der Waals surface area contributed by atoms with Gasteiger partial charge in [-0.05, 0) is 24.6 Å². The van der Waals surface area contributed by atoms with Gasteiger partial charge in [0.05, 0.1) is 36.8 Å². The third kappa shape index (κ3) is 3.09. The number of hydrogen-bond donors (Lipinski definition) is 2. The Labute approximate surface area is 117 Å². The molecule has 0 atom stereocenters. The number of aromatic nitrogens is 2. The van der Waals surface area contributed by atoms with Crippen molar-refractivity contribution in [3.05, 3.63) is 41.7 Å². The maximum absolute atomic E-state index is 11.7. The minimum atomic E-state index is -0.408. The number of carbonyl (C=O) groups is 1. The van der Waals surface area contributed by atoms with E-state index in [9.17, 15) is 4.79 Å². The summed E-state index contributed by atoms with van der Waals surface area (Å²) < 4.78 is 6.58. The molecule has 0 unspecified atom stereocenters. The van der Waals surface area contributed by atoms with Gasteiger partial charge in [0.15, 0.2) is 0 Å². The van der Waals surface area contributed by atoms with E-state index in [1.54, 1.807) is 24.4 Å². The van der Waals surface area contributed by atoms with E-state index < -0.39 is 5.97 Å². The lowest BCUT2D eigenvalue weighted by Gasteiger charge is -2.13. The lowest BCUT2D eigenvalue weighted by molar-refractivity contribution is 0.0602. The number of nitrogens with one attached hydrogen (secondary N) is 1. The fourth-order valence-corrected chi connectivity index (χ4v) is 1.93. The molecule has 20 heavy (non-hydrogen) atoms. The van der Waals surface area contributed by atoms with E-state index in [0.717, 1.165) is 5.56 Å². The van der Waals surface area contributed by atoms with Gasteiger partial charge in [-0.2, -0.15) is 5.10 Å².